The minimum atomic E-state index is -4.55. The van der Waals surface area contributed by atoms with E-state index in [4.69, 9.17) is 5.73 Å². The Hall–Kier alpha value is -4.68. The number of fused-ring (bicyclic) bond motifs is 2. The van der Waals surface area contributed by atoms with Crippen LogP contribution in [0.15, 0.2) is 55.1 Å². The number of carbonyl (C=O) groups excluding carboxylic acids is 1. The fraction of sp³-hybridized carbons (Fsp3) is 0.0952. The number of aromatic amines is 1. The lowest BCUT2D eigenvalue weighted by atomic mass is 10.0. The summed E-state index contributed by atoms with van der Waals surface area (Å²) in [5.41, 5.74) is 9.17. The molecular formula is C21H16F3N9O. The maximum atomic E-state index is 12.6. The van der Waals surface area contributed by atoms with E-state index in [1.165, 1.54) is 17.0 Å². The number of carbonyl (C=O) groups is 1. The highest BCUT2D eigenvalue weighted by Gasteiger charge is 2.29. The Labute approximate surface area is 189 Å². The molecule has 0 aliphatic rings. The molecule has 34 heavy (non-hydrogen) atoms. The fourth-order valence-corrected chi connectivity index (χ4v) is 3.53. The van der Waals surface area contributed by atoms with E-state index < -0.39 is 18.6 Å². The van der Waals surface area contributed by atoms with Crippen molar-refractivity contribution in [1.29, 1.82) is 0 Å². The van der Waals surface area contributed by atoms with Gasteiger partial charge >= 0.3 is 6.18 Å². The molecular weight excluding hydrogens is 451 g/mol. The van der Waals surface area contributed by atoms with Gasteiger partial charge in [-0.3, -0.25) is 4.79 Å². The molecule has 0 spiro atoms. The summed E-state index contributed by atoms with van der Waals surface area (Å²) in [6, 6.07) is 10.5. The Morgan fingerprint density at radius 1 is 1.15 bits per heavy atom. The molecule has 5 aromatic rings. The third-order valence-electron chi connectivity index (χ3n) is 4.99. The third kappa shape index (κ3) is 4.05. The lowest BCUT2D eigenvalue weighted by Crippen LogP contribution is -2.33. The number of imidazole rings is 1. The largest absolute Gasteiger partial charge is 0.405 e. The van der Waals surface area contributed by atoms with Crippen LogP contribution >= 0.6 is 0 Å². The predicted molar refractivity (Wildman–Crippen MR) is 118 cm³/mol. The van der Waals surface area contributed by atoms with Crippen LogP contribution in [0.2, 0.25) is 0 Å². The van der Waals surface area contributed by atoms with Crippen molar-refractivity contribution in [3.63, 3.8) is 0 Å². The number of benzene rings is 1. The summed E-state index contributed by atoms with van der Waals surface area (Å²) in [6.07, 6.45) is -0.382. The van der Waals surface area contributed by atoms with Gasteiger partial charge in [0.05, 0.1) is 5.56 Å². The Bertz CT molecular complexity index is 1470. The second-order valence-electron chi connectivity index (χ2n) is 7.31. The van der Waals surface area contributed by atoms with Crippen LogP contribution in [-0.2, 0) is 0 Å². The van der Waals surface area contributed by atoms with Gasteiger partial charge in [-0.15, -0.1) is 0 Å². The molecule has 5 N–H and O–H groups in total. The molecule has 1 aromatic carbocycles. The van der Waals surface area contributed by atoms with E-state index in [2.05, 4.69) is 30.4 Å². The molecule has 1 amide bonds. The number of hydrogen-bond donors (Lipinski definition) is 4. The summed E-state index contributed by atoms with van der Waals surface area (Å²) < 4.78 is 39.2. The molecule has 4 aromatic heterocycles. The van der Waals surface area contributed by atoms with Crippen LogP contribution in [0.5, 0.6) is 0 Å². The highest BCUT2D eigenvalue weighted by atomic mass is 19.4. The Morgan fingerprint density at radius 3 is 2.68 bits per heavy atom. The van der Waals surface area contributed by atoms with Crippen LogP contribution in [0.1, 0.15) is 10.4 Å². The van der Waals surface area contributed by atoms with E-state index in [-0.39, 0.29) is 11.4 Å². The number of H-pyrrole nitrogens is 1. The minimum absolute atomic E-state index is 0.0134. The number of aromatic nitrogens is 6. The highest BCUT2D eigenvalue weighted by molar-refractivity contribution is 6.07. The summed E-state index contributed by atoms with van der Waals surface area (Å²) in [5.74, 6) is -0.341. The molecule has 0 radical (unpaired) electrons. The molecule has 0 unspecified atom stereocenters. The summed E-state index contributed by atoms with van der Waals surface area (Å²) in [6.45, 7) is -1.46. The number of nitrogens with zero attached hydrogens (tertiary/aromatic N) is 5. The SMILES string of the molecule is Nc1ncnn2cc(C(=O)NCC(F)(F)F)c(-c3ccc(Nc4nc5cccnc5[nH]4)cc3)c12. The molecule has 0 aliphatic carbocycles. The second-order valence-corrected chi connectivity index (χ2v) is 7.31. The molecule has 172 valence electrons. The molecule has 10 nitrogen and oxygen atoms in total. The molecule has 0 fully saturated rings. The van der Waals surface area contributed by atoms with Gasteiger partial charge in [0.25, 0.3) is 5.91 Å². The average Bonchev–Trinajstić information content (AvgIpc) is 3.39. The van der Waals surface area contributed by atoms with Crippen molar-refractivity contribution >= 4 is 40.0 Å². The predicted octanol–water partition coefficient (Wildman–Crippen LogP) is 3.29. The van der Waals surface area contributed by atoms with Crippen LogP contribution in [0.3, 0.4) is 0 Å². The topological polar surface area (TPSA) is 139 Å². The average molecular weight is 467 g/mol. The van der Waals surface area contributed by atoms with Gasteiger partial charge in [0.15, 0.2) is 11.5 Å². The van der Waals surface area contributed by atoms with Crippen molar-refractivity contribution < 1.29 is 18.0 Å². The van der Waals surface area contributed by atoms with Crippen LogP contribution in [0.4, 0.5) is 30.6 Å². The summed E-state index contributed by atoms with van der Waals surface area (Å²) in [4.78, 5) is 28.2. The van der Waals surface area contributed by atoms with Gasteiger partial charge in [-0.25, -0.2) is 19.5 Å². The van der Waals surface area contributed by atoms with Gasteiger partial charge in [-0.05, 0) is 29.8 Å². The Morgan fingerprint density at radius 2 is 1.94 bits per heavy atom. The molecule has 0 atom stereocenters. The van der Waals surface area contributed by atoms with E-state index in [1.807, 2.05) is 11.4 Å². The third-order valence-corrected chi connectivity index (χ3v) is 4.99. The second kappa shape index (κ2) is 8.03. The van der Waals surface area contributed by atoms with Gasteiger partial charge in [-0.1, -0.05) is 12.1 Å². The quantitative estimate of drug-likeness (QED) is 0.311. The lowest BCUT2D eigenvalue weighted by molar-refractivity contribution is -0.123. The van der Waals surface area contributed by atoms with E-state index in [9.17, 15) is 18.0 Å². The number of hydrogen-bond acceptors (Lipinski definition) is 7. The zero-order chi connectivity index (χ0) is 23.9. The maximum Gasteiger partial charge on any atom is 0.405 e. The van der Waals surface area contributed by atoms with Crippen molar-refractivity contribution in [1.82, 2.24) is 34.9 Å². The standard InChI is InChI=1S/C21H16F3N9O/c22-21(23,24)9-27-19(34)13-8-33-16(17(25)28-10-29-33)15(13)11-3-5-12(6-4-11)30-20-31-14-2-1-7-26-18(14)32-20/h1-8,10H,9H2,(H,27,34)(H2,25,28,29)(H2,26,30,31,32). The van der Waals surface area contributed by atoms with E-state index >= 15 is 0 Å². The number of rotatable bonds is 5. The molecule has 5 rings (SSSR count). The molecule has 4 heterocycles. The molecule has 13 heteroatoms. The number of nitrogen functional groups attached to an aromatic ring is 1. The molecule has 0 bridgehead atoms. The summed E-state index contributed by atoms with van der Waals surface area (Å²) in [7, 11) is 0. The first-order valence-electron chi connectivity index (χ1n) is 9.93. The van der Waals surface area contributed by atoms with Crippen molar-refractivity contribution in [2.75, 3.05) is 17.6 Å². The van der Waals surface area contributed by atoms with E-state index in [1.54, 1.807) is 36.5 Å². The smallest absolute Gasteiger partial charge is 0.382 e. The van der Waals surface area contributed by atoms with Crippen molar-refractivity contribution in [3.05, 3.63) is 60.7 Å². The van der Waals surface area contributed by atoms with Crippen LogP contribution in [0, 0.1) is 0 Å². The zero-order valence-electron chi connectivity index (χ0n) is 17.3. The molecule has 0 aliphatic heterocycles. The Balaban J connectivity index is 1.49. The normalized spacial score (nSPS) is 11.7. The lowest BCUT2D eigenvalue weighted by Gasteiger charge is -2.10. The van der Waals surface area contributed by atoms with Gasteiger partial charge < -0.3 is 21.4 Å². The number of alkyl halides is 3. The van der Waals surface area contributed by atoms with Crippen LogP contribution in [0.25, 0.3) is 27.8 Å². The minimum Gasteiger partial charge on any atom is -0.382 e. The number of amides is 1. The molecule has 0 saturated carbocycles. The van der Waals surface area contributed by atoms with Gasteiger partial charge in [0.1, 0.15) is 23.9 Å². The van der Waals surface area contributed by atoms with Crippen molar-refractivity contribution in [2.45, 2.75) is 6.18 Å². The fourth-order valence-electron chi connectivity index (χ4n) is 3.53. The number of nitrogens with one attached hydrogen (secondary N) is 3. The van der Waals surface area contributed by atoms with Crippen molar-refractivity contribution in [2.24, 2.45) is 0 Å². The van der Waals surface area contributed by atoms with E-state index in [0.717, 1.165) is 0 Å². The monoisotopic (exact) mass is 467 g/mol. The number of anilines is 3. The van der Waals surface area contributed by atoms with Crippen molar-refractivity contribution in [3.8, 4) is 11.1 Å². The number of halogens is 3. The van der Waals surface area contributed by atoms with Crippen LogP contribution < -0.4 is 16.4 Å². The highest BCUT2D eigenvalue weighted by Crippen LogP contribution is 2.33. The van der Waals surface area contributed by atoms with E-state index in [0.29, 0.717) is 39.4 Å². The van der Waals surface area contributed by atoms with Gasteiger partial charge in [-0.2, -0.15) is 18.3 Å². The Kier molecular flexibility index (Phi) is 5.00. The zero-order valence-corrected chi connectivity index (χ0v) is 17.3. The first kappa shape index (κ1) is 21.2. The maximum absolute atomic E-state index is 12.6. The summed E-state index contributed by atoms with van der Waals surface area (Å²) in [5, 5.41) is 9.04. The number of nitrogens with two attached hydrogens (primary N) is 1. The summed E-state index contributed by atoms with van der Waals surface area (Å²) >= 11 is 0. The number of pyridine rings is 1. The first-order valence-corrected chi connectivity index (χ1v) is 9.93. The van der Waals surface area contributed by atoms with Gasteiger partial charge in [0.2, 0.25) is 5.95 Å². The van der Waals surface area contributed by atoms with Gasteiger partial charge in [0, 0.05) is 23.6 Å². The first-order chi connectivity index (χ1) is 16.3. The molecule has 0 saturated heterocycles. The van der Waals surface area contributed by atoms with Crippen LogP contribution in [-0.4, -0.2) is 48.2 Å².